The molecule has 0 atom stereocenters. The van der Waals surface area contributed by atoms with E-state index in [-0.39, 0.29) is 11.7 Å². The Bertz CT molecular complexity index is 653. The van der Waals surface area contributed by atoms with Crippen molar-refractivity contribution in [1.29, 1.82) is 0 Å². The third-order valence-corrected chi connectivity index (χ3v) is 4.29. The highest BCUT2D eigenvalue weighted by atomic mass is 32.2. The molecule has 0 saturated heterocycles. The van der Waals surface area contributed by atoms with Crippen molar-refractivity contribution in [3.05, 3.63) is 65.0 Å². The Morgan fingerprint density at radius 3 is 2.46 bits per heavy atom. The molecule has 0 unspecified atom stereocenters. The van der Waals surface area contributed by atoms with Crippen LogP contribution in [0.25, 0.3) is 0 Å². The second kappa shape index (κ2) is 9.33. The molecule has 5 heteroatoms. The number of benzene rings is 2. The van der Waals surface area contributed by atoms with E-state index in [2.05, 4.69) is 37.4 Å². The quantitative estimate of drug-likeness (QED) is 0.737. The summed E-state index contributed by atoms with van der Waals surface area (Å²) in [5, 5.41) is 2.81. The summed E-state index contributed by atoms with van der Waals surface area (Å²) in [4.78, 5) is 11.8. The van der Waals surface area contributed by atoms with Crippen molar-refractivity contribution >= 4 is 17.7 Å². The zero-order chi connectivity index (χ0) is 17.4. The molecule has 1 amide bonds. The standard InChI is InChI=1S/C19H22FNO2S/c1-14-9-15(2)11-16(10-14)12-24-13-19(22)21-7-8-23-18-5-3-17(20)4-6-18/h3-6,9-11H,7-8,12-13H2,1-2H3,(H,21,22). The third kappa shape index (κ3) is 6.62. The molecule has 0 aliphatic rings. The topological polar surface area (TPSA) is 38.3 Å². The summed E-state index contributed by atoms with van der Waals surface area (Å²) in [6, 6.07) is 12.3. The van der Waals surface area contributed by atoms with E-state index >= 15 is 0 Å². The highest BCUT2D eigenvalue weighted by Gasteiger charge is 2.03. The average molecular weight is 347 g/mol. The van der Waals surface area contributed by atoms with Gasteiger partial charge in [-0.1, -0.05) is 29.3 Å². The molecular weight excluding hydrogens is 325 g/mol. The van der Waals surface area contributed by atoms with Gasteiger partial charge in [0.2, 0.25) is 5.91 Å². The molecule has 1 N–H and O–H groups in total. The zero-order valence-electron chi connectivity index (χ0n) is 14.0. The van der Waals surface area contributed by atoms with E-state index in [1.165, 1.54) is 28.8 Å². The summed E-state index contributed by atoms with van der Waals surface area (Å²) >= 11 is 1.59. The molecule has 0 aliphatic carbocycles. The molecule has 0 fully saturated rings. The van der Waals surface area contributed by atoms with E-state index in [0.29, 0.717) is 24.7 Å². The van der Waals surface area contributed by atoms with Crippen molar-refractivity contribution < 1.29 is 13.9 Å². The Balaban J connectivity index is 1.60. The van der Waals surface area contributed by atoms with Gasteiger partial charge in [0, 0.05) is 5.75 Å². The number of hydrogen-bond donors (Lipinski definition) is 1. The number of hydrogen-bond acceptors (Lipinski definition) is 3. The lowest BCUT2D eigenvalue weighted by atomic mass is 10.1. The Morgan fingerprint density at radius 1 is 1.12 bits per heavy atom. The third-order valence-electron chi connectivity index (χ3n) is 3.29. The first-order chi connectivity index (χ1) is 11.5. The van der Waals surface area contributed by atoms with E-state index in [1.54, 1.807) is 23.9 Å². The first-order valence-electron chi connectivity index (χ1n) is 7.83. The second-order valence-corrected chi connectivity index (χ2v) is 6.63. The maximum atomic E-state index is 12.8. The predicted molar refractivity (Wildman–Crippen MR) is 97.0 cm³/mol. The molecule has 0 aromatic heterocycles. The van der Waals surface area contributed by atoms with Gasteiger partial charge in [-0.3, -0.25) is 4.79 Å². The largest absolute Gasteiger partial charge is 0.492 e. The summed E-state index contributed by atoms with van der Waals surface area (Å²) < 4.78 is 18.2. The van der Waals surface area contributed by atoms with Crippen LogP contribution >= 0.6 is 11.8 Å². The lowest BCUT2D eigenvalue weighted by molar-refractivity contribution is -0.118. The lowest BCUT2D eigenvalue weighted by Gasteiger charge is -2.08. The highest BCUT2D eigenvalue weighted by Crippen LogP contribution is 2.15. The average Bonchev–Trinajstić information content (AvgIpc) is 2.52. The smallest absolute Gasteiger partial charge is 0.230 e. The van der Waals surface area contributed by atoms with Gasteiger partial charge in [-0.25, -0.2) is 4.39 Å². The van der Waals surface area contributed by atoms with Crippen LogP contribution < -0.4 is 10.1 Å². The maximum absolute atomic E-state index is 12.8. The van der Waals surface area contributed by atoms with Crippen molar-refractivity contribution in [3.8, 4) is 5.75 Å². The summed E-state index contributed by atoms with van der Waals surface area (Å²) in [5.41, 5.74) is 3.73. The minimum atomic E-state index is -0.295. The van der Waals surface area contributed by atoms with Crippen molar-refractivity contribution in [2.45, 2.75) is 19.6 Å². The van der Waals surface area contributed by atoms with Crippen LogP contribution in [0.2, 0.25) is 0 Å². The minimum Gasteiger partial charge on any atom is -0.492 e. The summed E-state index contributed by atoms with van der Waals surface area (Å²) in [6.07, 6.45) is 0. The molecule has 2 aromatic rings. The van der Waals surface area contributed by atoms with Gasteiger partial charge in [0.1, 0.15) is 18.2 Å². The minimum absolute atomic E-state index is 0.00733. The van der Waals surface area contributed by atoms with E-state index in [4.69, 9.17) is 4.74 Å². The monoisotopic (exact) mass is 347 g/mol. The van der Waals surface area contributed by atoms with E-state index in [1.807, 2.05) is 0 Å². The predicted octanol–water partition coefficient (Wildman–Crippen LogP) is 3.87. The van der Waals surface area contributed by atoms with Crippen molar-refractivity contribution in [2.75, 3.05) is 18.9 Å². The second-order valence-electron chi connectivity index (χ2n) is 5.64. The van der Waals surface area contributed by atoms with Crippen molar-refractivity contribution in [3.63, 3.8) is 0 Å². The number of halogens is 1. The van der Waals surface area contributed by atoms with Crippen LogP contribution in [0, 0.1) is 19.7 Å². The number of aryl methyl sites for hydroxylation is 2. The SMILES string of the molecule is Cc1cc(C)cc(CSCC(=O)NCCOc2ccc(F)cc2)c1. The Kier molecular flexibility index (Phi) is 7.12. The van der Waals surface area contributed by atoms with Gasteiger partial charge in [-0.2, -0.15) is 0 Å². The molecule has 24 heavy (non-hydrogen) atoms. The van der Waals surface area contributed by atoms with Gasteiger partial charge in [-0.15, -0.1) is 11.8 Å². The number of rotatable bonds is 8. The molecule has 2 aromatic carbocycles. The van der Waals surface area contributed by atoms with Crippen LogP contribution in [0.15, 0.2) is 42.5 Å². The number of ether oxygens (including phenoxy) is 1. The fourth-order valence-corrected chi connectivity index (χ4v) is 3.15. The summed E-state index contributed by atoms with van der Waals surface area (Å²) in [7, 11) is 0. The Labute approximate surface area is 146 Å². The molecule has 2 rings (SSSR count). The maximum Gasteiger partial charge on any atom is 0.230 e. The van der Waals surface area contributed by atoms with Gasteiger partial charge in [0.05, 0.1) is 12.3 Å². The van der Waals surface area contributed by atoms with Crippen LogP contribution in [-0.2, 0) is 10.5 Å². The van der Waals surface area contributed by atoms with Gasteiger partial charge in [0.25, 0.3) is 0 Å². The molecule has 0 radical (unpaired) electrons. The molecule has 0 bridgehead atoms. The molecule has 0 aliphatic heterocycles. The summed E-state index contributed by atoms with van der Waals surface area (Å²) in [6.45, 7) is 4.95. The molecule has 3 nitrogen and oxygen atoms in total. The van der Waals surface area contributed by atoms with Gasteiger partial charge in [-0.05, 0) is 43.7 Å². The number of thioether (sulfide) groups is 1. The Morgan fingerprint density at radius 2 is 1.79 bits per heavy atom. The molecule has 0 saturated carbocycles. The zero-order valence-corrected chi connectivity index (χ0v) is 14.8. The van der Waals surface area contributed by atoms with Gasteiger partial charge < -0.3 is 10.1 Å². The van der Waals surface area contributed by atoms with Crippen LogP contribution in [0.1, 0.15) is 16.7 Å². The first kappa shape index (κ1) is 18.3. The molecular formula is C19H22FNO2S. The number of carbonyl (C=O) groups excluding carboxylic acids is 1. The molecule has 0 spiro atoms. The van der Waals surface area contributed by atoms with Crippen LogP contribution in [0.3, 0.4) is 0 Å². The van der Waals surface area contributed by atoms with Crippen LogP contribution in [0.5, 0.6) is 5.75 Å². The number of amides is 1. The van der Waals surface area contributed by atoms with E-state index < -0.39 is 0 Å². The highest BCUT2D eigenvalue weighted by molar-refractivity contribution is 7.99. The fourth-order valence-electron chi connectivity index (χ4n) is 2.36. The van der Waals surface area contributed by atoms with E-state index in [9.17, 15) is 9.18 Å². The number of carbonyl (C=O) groups is 1. The van der Waals surface area contributed by atoms with Crippen LogP contribution in [-0.4, -0.2) is 24.8 Å². The van der Waals surface area contributed by atoms with Gasteiger partial charge in [0.15, 0.2) is 0 Å². The van der Waals surface area contributed by atoms with Crippen molar-refractivity contribution in [2.24, 2.45) is 0 Å². The van der Waals surface area contributed by atoms with Crippen molar-refractivity contribution in [1.82, 2.24) is 5.32 Å². The number of nitrogens with one attached hydrogen (secondary N) is 1. The normalized spacial score (nSPS) is 10.5. The molecule has 128 valence electrons. The first-order valence-corrected chi connectivity index (χ1v) is 8.98. The lowest BCUT2D eigenvalue weighted by Crippen LogP contribution is -2.29. The fraction of sp³-hybridized carbons (Fsp3) is 0.316. The Hall–Kier alpha value is -2.01. The van der Waals surface area contributed by atoms with E-state index in [0.717, 1.165) is 5.75 Å². The summed E-state index contributed by atoms with van der Waals surface area (Å²) in [5.74, 6) is 1.53. The van der Waals surface area contributed by atoms with Crippen LogP contribution in [0.4, 0.5) is 4.39 Å². The van der Waals surface area contributed by atoms with Gasteiger partial charge >= 0.3 is 0 Å². The molecule has 0 heterocycles.